The quantitative estimate of drug-likeness (QED) is 0.617. The molecule has 162 valence electrons. The molecule has 1 saturated heterocycles. The molecule has 1 aromatic carbocycles. The van der Waals surface area contributed by atoms with Gasteiger partial charge in [0.1, 0.15) is 11.6 Å². The van der Waals surface area contributed by atoms with Crippen LogP contribution in [0.4, 0.5) is 0 Å². The Kier molecular flexibility index (Phi) is 6.65. The number of piperazine rings is 1. The highest BCUT2D eigenvalue weighted by molar-refractivity contribution is 5.94. The summed E-state index contributed by atoms with van der Waals surface area (Å²) in [6.07, 6.45) is 1.12. The van der Waals surface area contributed by atoms with Gasteiger partial charge in [0.15, 0.2) is 5.78 Å². The van der Waals surface area contributed by atoms with Crippen molar-refractivity contribution in [2.24, 2.45) is 0 Å². The predicted molar refractivity (Wildman–Crippen MR) is 117 cm³/mol. The summed E-state index contributed by atoms with van der Waals surface area (Å²) in [5.74, 6) is 0.180. The van der Waals surface area contributed by atoms with Crippen LogP contribution in [-0.4, -0.2) is 44.8 Å². The van der Waals surface area contributed by atoms with Gasteiger partial charge < -0.3 is 4.90 Å². The maximum absolute atomic E-state index is 13.7. The first kappa shape index (κ1) is 23.6. The maximum atomic E-state index is 13.7. The summed E-state index contributed by atoms with van der Waals surface area (Å²) in [6.45, 7) is 18.8. The molecule has 1 amide bonds. The van der Waals surface area contributed by atoms with Crippen LogP contribution in [0.2, 0.25) is 0 Å². The van der Waals surface area contributed by atoms with Crippen LogP contribution >= 0.6 is 0 Å². The van der Waals surface area contributed by atoms with Crippen LogP contribution in [-0.2, 0) is 9.63 Å². The molecule has 0 spiro atoms. The van der Waals surface area contributed by atoms with Gasteiger partial charge in [-0.3, -0.25) is 14.4 Å². The monoisotopic (exact) mass is 402 g/mol. The number of carbonyl (C=O) groups is 2. The Balaban J connectivity index is 2.40. The molecule has 29 heavy (non-hydrogen) atoms. The number of hydrogen-bond donors (Lipinski definition) is 0. The number of Topliss-reactive ketones (excluding diaryl/α,β-unsaturated/α-hetero) is 1. The van der Waals surface area contributed by atoms with Gasteiger partial charge in [0.05, 0.1) is 5.54 Å². The van der Waals surface area contributed by atoms with Gasteiger partial charge in [-0.15, -0.1) is 0 Å². The van der Waals surface area contributed by atoms with E-state index in [1.807, 2.05) is 41.2 Å². The van der Waals surface area contributed by atoms with Gasteiger partial charge in [-0.2, -0.15) is 5.06 Å². The van der Waals surface area contributed by atoms with E-state index < -0.39 is 5.54 Å². The van der Waals surface area contributed by atoms with Crippen molar-refractivity contribution >= 4 is 11.7 Å². The lowest BCUT2D eigenvalue weighted by atomic mass is 9.80. The van der Waals surface area contributed by atoms with E-state index in [1.165, 1.54) is 0 Å². The molecule has 0 radical (unpaired) electrons. The molecule has 5 heteroatoms. The van der Waals surface area contributed by atoms with Crippen molar-refractivity contribution in [2.75, 3.05) is 6.54 Å². The van der Waals surface area contributed by atoms with Crippen molar-refractivity contribution in [1.29, 1.82) is 0 Å². The summed E-state index contributed by atoms with van der Waals surface area (Å²) in [4.78, 5) is 33.7. The fourth-order valence-corrected chi connectivity index (χ4v) is 4.27. The lowest BCUT2D eigenvalue weighted by Gasteiger charge is -2.59. The topological polar surface area (TPSA) is 49.9 Å². The number of carbonyl (C=O) groups excluding carboxylic acids is 2. The highest BCUT2D eigenvalue weighted by Crippen LogP contribution is 2.42. The van der Waals surface area contributed by atoms with Crippen LogP contribution in [0.5, 0.6) is 0 Å². The van der Waals surface area contributed by atoms with E-state index in [0.29, 0.717) is 24.9 Å². The molecule has 5 nitrogen and oxygen atoms in total. The number of rotatable bonds is 6. The van der Waals surface area contributed by atoms with Crippen LogP contribution < -0.4 is 0 Å². The molecule has 1 heterocycles. The summed E-state index contributed by atoms with van der Waals surface area (Å²) < 4.78 is 0. The second kappa shape index (κ2) is 8.19. The molecule has 1 fully saturated rings. The Labute approximate surface area is 176 Å². The van der Waals surface area contributed by atoms with E-state index in [0.717, 1.165) is 5.56 Å². The maximum Gasteiger partial charge on any atom is 0.245 e. The average molecular weight is 403 g/mol. The molecule has 0 aromatic heterocycles. The minimum Gasteiger partial charge on any atom is -0.334 e. The Morgan fingerprint density at radius 1 is 1.14 bits per heavy atom. The fourth-order valence-electron chi connectivity index (χ4n) is 4.27. The minimum atomic E-state index is -0.706. The van der Waals surface area contributed by atoms with E-state index in [4.69, 9.17) is 4.84 Å². The first-order valence-corrected chi connectivity index (χ1v) is 10.7. The Morgan fingerprint density at radius 2 is 1.66 bits per heavy atom. The largest absolute Gasteiger partial charge is 0.334 e. The molecule has 1 aromatic rings. The van der Waals surface area contributed by atoms with Gasteiger partial charge in [-0.1, -0.05) is 38.1 Å². The lowest BCUT2D eigenvalue weighted by Crippen LogP contribution is -2.75. The number of ketones is 1. The highest BCUT2D eigenvalue weighted by Gasteiger charge is 2.57. The second-order valence-corrected chi connectivity index (χ2v) is 9.83. The van der Waals surface area contributed by atoms with Crippen molar-refractivity contribution in [3.05, 3.63) is 35.4 Å². The van der Waals surface area contributed by atoms with E-state index in [-0.39, 0.29) is 28.9 Å². The zero-order valence-corrected chi connectivity index (χ0v) is 19.6. The third kappa shape index (κ3) is 4.41. The zero-order chi connectivity index (χ0) is 22.2. The number of nitrogens with zero attached hydrogens (tertiary/aromatic N) is 2. The number of amides is 1. The molecular formula is C24H38N2O3. The lowest BCUT2D eigenvalue weighted by molar-refractivity contribution is -0.311. The molecule has 1 atom stereocenters. The molecular weight excluding hydrogens is 364 g/mol. The van der Waals surface area contributed by atoms with Crippen LogP contribution in [0.3, 0.4) is 0 Å². The smallest absolute Gasteiger partial charge is 0.245 e. The second-order valence-electron chi connectivity index (χ2n) is 9.83. The Morgan fingerprint density at radius 3 is 2.07 bits per heavy atom. The molecule has 0 aliphatic carbocycles. The molecule has 1 unspecified atom stereocenters. The van der Waals surface area contributed by atoms with E-state index in [9.17, 15) is 9.59 Å². The SMILES string of the molecule is CCC1(CC)C(=O)N(C(C)(C)C)CC(C)(C)N1OC(C)c1ccc(C(C)=O)cc1. The van der Waals surface area contributed by atoms with Crippen molar-refractivity contribution in [1.82, 2.24) is 9.96 Å². The fraction of sp³-hybridized carbons (Fsp3) is 0.667. The van der Waals surface area contributed by atoms with Crippen molar-refractivity contribution < 1.29 is 14.4 Å². The first-order chi connectivity index (χ1) is 13.3. The normalized spacial score (nSPS) is 20.6. The van der Waals surface area contributed by atoms with Crippen LogP contribution in [0.1, 0.15) is 97.2 Å². The van der Waals surface area contributed by atoms with Crippen molar-refractivity contribution in [2.45, 2.75) is 97.9 Å². The van der Waals surface area contributed by atoms with Gasteiger partial charge in [-0.25, -0.2) is 0 Å². The molecule has 1 aliphatic heterocycles. The van der Waals surface area contributed by atoms with Crippen LogP contribution in [0, 0.1) is 0 Å². The van der Waals surface area contributed by atoms with E-state index >= 15 is 0 Å². The number of benzene rings is 1. The standard InChI is InChI=1S/C24H38N2O3/c1-10-24(11-2)21(28)25(22(5,6)7)16-23(8,9)26(24)29-18(4)20-14-12-19(13-15-20)17(3)27/h12-15,18H,10-11,16H2,1-9H3. The number of hydroxylamine groups is 2. The third-order valence-electron chi connectivity index (χ3n) is 6.16. The zero-order valence-electron chi connectivity index (χ0n) is 19.6. The highest BCUT2D eigenvalue weighted by atomic mass is 16.7. The van der Waals surface area contributed by atoms with Gasteiger partial charge in [0, 0.05) is 17.6 Å². The van der Waals surface area contributed by atoms with Crippen LogP contribution in [0.25, 0.3) is 0 Å². The summed E-state index contributed by atoms with van der Waals surface area (Å²) in [5.41, 5.74) is 0.373. The first-order valence-electron chi connectivity index (χ1n) is 10.7. The molecule has 0 bridgehead atoms. The van der Waals surface area contributed by atoms with Gasteiger partial charge >= 0.3 is 0 Å². The molecule has 0 saturated carbocycles. The minimum absolute atomic E-state index is 0.0473. The number of hydrogen-bond acceptors (Lipinski definition) is 4. The van der Waals surface area contributed by atoms with E-state index in [1.54, 1.807) is 6.92 Å². The van der Waals surface area contributed by atoms with E-state index in [2.05, 4.69) is 48.5 Å². The van der Waals surface area contributed by atoms with Gasteiger partial charge in [0.2, 0.25) is 5.91 Å². The summed E-state index contributed by atoms with van der Waals surface area (Å²) in [6, 6.07) is 7.53. The third-order valence-corrected chi connectivity index (χ3v) is 6.16. The van der Waals surface area contributed by atoms with Crippen LogP contribution in [0.15, 0.2) is 24.3 Å². The Hall–Kier alpha value is -1.72. The predicted octanol–water partition coefficient (Wildman–Crippen LogP) is 5.16. The van der Waals surface area contributed by atoms with Crippen molar-refractivity contribution in [3.8, 4) is 0 Å². The average Bonchev–Trinajstić information content (AvgIpc) is 2.64. The van der Waals surface area contributed by atoms with Gasteiger partial charge in [-0.05, 0) is 66.9 Å². The van der Waals surface area contributed by atoms with Gasteiger partial charge in [0.25, 0.3) is 0 Å². The summed E-state index contributed by atoms with van der Waals surface area (Å²) in [5, 5.41) is 1.97. The van der Waals surface area contributed by atoms with Crippen molar-refractivity contribution in [3.63, 3.8) is 0 Å². The summed E-state index contributed by atoms with van der Waals surface area (Å²) in [7, 11) is 0. The Bertz CT molecular complexity index is 742. The molecule has 0 N–H and O–H groups in total. The summed E-state index contributed by atoms with van der Waals surface area (Å²) >= 11 is 0. The molecule has 2 rings (SSSR count). The molecule has 1 aliphatic rings.